The van der Waals surface area contributed by atoms with Crippen LogP contribution in [0.3, 0.4) is 0 Å². The zero-order chi connectivity index (χ0) is 17.1. The molecule has 1 aliphatic rings. The quantitative estimate of drug-likeness (QED) is 0.936. The van der Waals surface area contributed by atoms with E-state index in [1.54, 1.807) is 12.1 Å². The van der Waals surface area contributed by atoms with Crippen LogP contribution < -0.4 is 10.2 Å². The van der Waals surface area contributed by atoms with Crippen molar-refractivity contribution in [3.05, 3.63) is 48.3 Å². The Labute approximate surface area is 139 Å². The predicted octanol–water partition coefficient (Wildman–Crippen LogP) is 2.48. The molecule has 0 unspecified atom stereocenters. The number of aromatic nitrogens is 2. The monoisotopic (exact) mass is 330 g/mol. The molecule has 2 atom stereocenters. The number of carbonyl (C=O) groups excluding carboxylic acids is 1. The lowest BCUT2D eigenvalue weighted by molar-refractivity contribution is -0.00539. The third-order valence-electron chi connectivity index (χ3n) is 3.76. The third-order valence-corrected chi connectivity index (χ3v) is 3.76. The van der Waals surface area contributed by atoms with Crippen molar-refractivity contribution in [1.29, 1.82) is 0 Å². The van der Waals surface area contributed by atoms with Crippen LogP contribution in [0.2, 0.25) is 0 Å². The Morgan fingerprint density at radius 3 is 2.67 bits per heavy atom. The first-order chi connectivity index (χ1) is 11.5. The van der Waals surface area contributed by atoms with Gasteiger partial charge in [0.15, 0.2) is 0 Å². The summed E-state index contributed by atoms with van der Waals surface area (Å²) in [6.45, 7) is 5.20. The molecule has 24 heavy (non-hydrogen) atoms. The van der Waals surface area contributed by atoms with Crippen LogP contribution in [0.25, 0.3) is 0 Å². The van der Waals surface area contributed by atoms with E-state index in [2.05, 4.69) is 15.3 Å². The molecule has 6 nitrogen and oxygen atoms in total. The molecule has 0 aliphatic carbocycles. The molecular formula is C17H19FN4O2. The van der Waals surface area contributed by atoms with Crippen molar-refractivity contribution < 1.29 is 13.9 Å². The molecular weight excluding hydrogens is 311 g/mol. The first kappa shape index (κ1) is 16.3. The van der Waals surface area contributed by atoms with E-state index >= 15 is 0 Å². The van der Waals surface area contributed by atoms with Gasteiger partial charge in [-0.25, -0.2) is 9.37 Å². The van der Waals surface area contributed by atoms with E-state index in [0.29, 0.717) is 24.5 Å². The number of hydrogen-bond donors (Lipinski definition) is 1. The van der Waals surface area contributed by atoms with Gasteiger partial charge in [0.1, 0.15) is 11.5 Å². The number of halogens is 1. The number of nitrogens with one attached hydrogen (secondary N) is 1. The summed E-state index contributed by atoms with van der Waals surface area (Å²) < 4.78 is 20.1. The summed E-state index contributed by atoms with van der Waals surface area (Å²) in [5.41, 5.74) is 1.06. The minimum absolute atomic E-state index is 0.0455. The van der Waals surface area contributed by atoms with Gasteiger partial charge in [-0.05, 0) is 32.0 Å². The van der Waals surface area contributed by atoms with Crippen molar-refractivity contribution in [1.82, 2.24) is 9.97 Å². The molecule has 1 saturated heterocycles. The number of carbonyl (C=O) groups is 1. The number of anilines is 2. The summed E-state index contributed by atoms with van der Waals surface area (Å²) >= 11 is 0. The van der Waals surface area contributed by atoms with E-state index in [0.717, 1.165) is 0 Å². The number of ether oxygens (including phenoxy) is 1. The van der Waals surface area contributed by atoms with Crippen molar-refractivity contribution in [2.24, 2.45) is 0 Å². The summed E-state index contributed by atoms with van der Waals surface area (Å²) in [5.74, 6) is -0.808. The van der Waals surface area contributed by atoms with Gasteiger partial charge in [0.25, 0.3) is 5.91 Å². The second kappa shape index (κ2) is 6.92. The molecule has 0 spiro atoms. The van der Waals surface area contributed by atoms with E-state index in [-0.39, 0.29) is 23.7 Å². The molecule has 126 valence electrons. The maximum Gasteiger partial charge on any atom is 0.275 e. The molecule has 1 aromatic carbocycles. The smallest absolute Gasteiger partial charge is 0.275 e. The molecule has 0 bridgehead atoms. The van der Waals surface area contributed by atoms with Crippen LogP contribution in [0.5, 0.6) is 0 Å². The average Bonchev–Trinajstić information content (AvgIpc) is 2.55. The van der Waals surface area contributed by atoms with Crippen molar-refractivity contribution >= 4 is 17.3 Å². The van der Waals surface area contributed by atoms with E-state index in [1.165, 1.54) is 24.7 Å². The topological polar surface area (TPSA) is 67.4 Å². The van der Waals surface area contributed by atoms with E-state index in [4.69, 9.17) is 4.74 Å². The normalized spacial score (nSPS) is 20.7. The summed E-state index contributed by atoms with van der Waals surface area (Å²) in [6, 6.07) is 4.66. The van der Waals surface area contributed by atoms with Crippen LogP contribution in [0.4, 0.5) is 15.8 Å². The van der Waals surface area contributed by atoms with Crippen LogP contribution >= 0.6 is 0 Å². The second-order valence-corrected chi connectivity index (χ2v) is 5.87. The second-order valence-electron chi connectivity index (χ2n) is 5.87. The van der Waals surface area contributed by atoms with Gasteiger partial charge < -0.3 is 15.0 Å². The number of morpholine rings is 1. The van der Waals surface area contributed by atoms with E-state index in [9.17, 15) is 9.18 Å². The van der Waals surface area contributed by atoms with Gasteiger partial charge in [0, 0.05) is 31.2 Å². The van der Waals surface area contributed by atoms with Crippen LogP contribution in [-0.4, -0.2) is 41.2 Å². The number of benzene rings is 1. The fraction of sp³-hybridized carbons (Fsp3) is 0.353. The van der Waals surface area contributed by atoms with Gasteiger partial charge in [-0.1, -0.05) is 0 Å². The van der Waals surface area contributed by atoms with Gasteiger partial charge >= 0.3 is 0 Å². The Kier molecular flexibility index (Phi) is 4.71. The lowest BCUT2D eigenvalue weighted by atomic mass is 10.2. The van der Waals surface area contributed by atoms with Crippen molar-refractivity contribution in [2.75, 3.05) is 23.3 Å². The van der Waals surface area contributed by atoms with Crippen molar-refractivity contribution in [2.45, 2.75) is 26.1 Å². The summed E-state index contributed by atoms with van der Waals surface area (Å²) in [7, 11) is 0. The van der Waals surface area contributed by atoms with E-state index < -0.39 is 5.91 Å². The maximum atomic E-state index is 14.5. The molecule has 1 amide bonds. The Bertz CT molecular complexity index is 716. The lowest BCUT2D eigenvalue weighted by Crippen LogP contribution is -2.45. The number of nitrogens with zero attached hydrogens (tertiary/aromatic N) is 3. The SMILES string of the molecule is C[C@@H]1CN(c2ccc(NC(=O)c3cnccn3)cc2F)C[C@H](C)O1. The number of rotatable bonds is 3. The first-order valence-electron chi connectivity index (χ1n) is 7.80. The van der Waals surface area contributed by atoms with Gasteiger partial charge in [0.2, 0.25) is 0 Å². The standard InChI is InChI=1S/C17H19FN4O2/c1-11-9-22(10-12(2)24-11)16-4-3-13(7-14(16)18)21-17(23)15-8-19-5-6-20-15/h3-8,11-12H,9-10H2,1-2H3,(H,21,23)/t11-,12+. The molecule has 7 heteroatoms. The van der Waals surface area contributed by atoms with Crippen LogP contribution in [0.15, 0.2) is 36.8 Å². The highest BCUT2D eigenvalue weighted by Crippen LogP contribution is 2.26. The Morgan fingerprint density at radius 2 is 2.04 bits per heavy atom. The number of hydrogen-bond acceptors (Lipinski definition) is 5. The zero-order valence-electron chi connectivity index (χ0n) is 13.6. The molecule has 1 N–H and O–H groups in total. The van der Waals surface area contributed by atoms with Gasteiger partial charge in [-0.3, -0.25) is 9.78 Å². The molecule has 3 rings (SSSR count). The third kappa shape index (κ3) is 3.68. The molecule has 0 radical (unpaired) electrons. The Hall–Kier alpha value is -2.54. The summed E-state index contributed by atoms with van der Waals surface area (Å²) in [4.78, 5) is 21.7. The fourth-order valence-electron chi connectivity index (χ4n) is 2.83. The highest BCUT2D eigenvalue weighted by atomic mass is 19.1. The highest BCUT2D eigenvalue weighted by molar-refractivity contribution is 6.02. The van der Waals surface area contributed by atoms with Gasteiger partial charge in [-0.15, -0.1) is 0 Å². The Balaban J connectivity index is 1.74. The summed E-state index contributed by atoms with van der Waals surface area (Å²) in [6.07, 6.45) is 4.36. The molecule has 0 saturated carbocycles. The van der Waals surface area contributed by atoms with Gasteiger partial charge in [-0.2, -0.15) is 0 Å². The molecule has 1 fully saturated rings. The zero-order valence-corrected chi connectivity index (χ0v) is 13.6. The lowest BCUT2D eigenvalue weighted by Gasteiger charge is -2.37. The fourth-order valence-corrected chi connectivity index (χ4v) is 2.83. The van der Waals surface area contributed by atoms with Crippen LogP contribution in [0.1, 0.15) is 24.3 Å². The predicted molar refractivity (Wildman–Crippen MR) is 88.6 cm³/mol. The largest absolute Gasteiger partial charge is 0.372 e. The van der Waals surface area contributed by atoms with Gasteiger partial charge in [0.05, 0.1) is 24.1 Å². The molecule has 1 aromatic heterocycles. The van der Waals surface area contributed by atoms with E-state index in [1.807, 2.05) is 18.7 Å². The number of amides is 1. The van der Waals surface area contributed by atoms with Crippen LogP contribution in [-0.2, 0) is 4.74 Å². The highest BCUT2D eigenvalue weighted by Gasteiger charge is 2.24. The summed E-state index contributed by atoms with van der Waals surface area (Å²) in [5, 5.41) is 2.62. The minimum Gasteiger partial charge on any atom is -0.372 e. The van der Waals surface area contributed by atoms with Crippen LogP contribution in [0, 0.1) is 5.82 Å². The van der Waals surface area contributed by atoms with Crippen molar-refractivity contribution in [3.63, 3.8) is 0 Å². The maximum absolute atomic E-state index is 14.5. The first-order valence-corrected chi connectivity index (χ1v) is 7.80. The van der Waals surface area contributed by atoms with Crippen molar-refractivity contribution in [3.8, 4) is 0 Å². The minimum atomic E-state index is -0.427. The molecule has 1 aliphatic heterocycles. The molecule has 2 aromatic rings. The Morgan fingerprint density at radius 1 is 1.29 bits per heavy atom. The average molecular weight is 330 g/mol. The molecule has 2 heterocycles.